The van der Waals surface area contributed by atoms with Gasteiger partial charge in [-0.3, -0.25) is 4.79 Å². The van der Waals surface area contributed by atoms with Crippen molar-refractivity contribution in [3.8, 4) is 5.75 Å². The van der Waals surface area contributed by atoms with Gasteiger partial charge >= 0.3 is 0 Å². The maximum absolute atomic E-state index is 12.5. The van der Waals surface area contributed by atoms with Crippen molar-refractivity contribution in [1.29, 1.82) is 0 Å². The molecule has 26 heavy (non-hydrogen) atoms. The number of benzene rings is 2. The average molecular weight is 366 g/mol. The second-order valence-electron chi connectivity index (χ2n) is 6.22. The van der Waals surface area contributed by atoms with Crippen LogP contribution in [0.25, 0.3) is 10.2 Å². The van der Waals surface area contributed by atoms with Gasteiger partial charge in [0.2, 0.25) is 0 Å². The summed E-state index contributed by atoms with van der Waals surface area (Å²) in [6.45, 7) is 8.64. The second-order valence-corrected chi connectivity index (χ2v) is 7.23. The predicted molar refractivity (Wildman–Crippen MR) is 107 cm³/mol. The molecule has 3 aromatic rings. The van der Waals surface area contributed by atoms with Crippen molar-refractivity contribution >= 4 is 27.5 Å². The van der Waals surface area contributed by atoms with Crippen molar-refractivity contribution in [3.63, 3.8) is 0 Å². The standard InChI is InChI=1S/C21H22N2O2S/c1-5-10-23-18-11-14(2)15(3)12-19(18)26-21(23)22-20(24)13-16-6-8-17(25-4)9-7-16/h5-9,11-12H,1,10,13H2,2-4H3. The van der Waals surface area contributed by atoms with E-state index in [1.807, 2.05) is 34.9 Å². The van der Waals surface area contributed by atoms with Crippen LogP contribution in [0.5, 0.6) is 5.75 Å². The van der Waals surface area contributed by atoms with E-state index >= 15 is 0 Å². The van der Waals surface area contributed by atoms with Gasteiger partial charge in [0, 0.05) is 6.54 Å². The monoisotopic (exact) mass is 366 g/mol. The minimum atomic E-state index is -0.159. The first-order chi connectivity index (χ1) is 12.5. The van der Waals surface area contributed by atoms with Crippen LogP contribution < -0.4 is 9.54 Å². The van der Waals surface area contributed by atoms with Crippen LogP contribution in [0.15, 0.2) is 54.0 Å². The molecule has 3 rings (SSSR count). The Balaban J connectivity index is 1.97. The zero-order valence-corrected chi connectivity index (χ0v) is 16.1. The van der Waals surface area contributed by atoms with E-state index in [4.69, 9.17) is 4.74 Å². The molecule has 2 aromatic carbocycles. The van der Waals surface area contributed by atoms with E-state index in [0.29, 0.717) is 11.3 Å². The first-order valence-corrected chi connectivity index (χ1v) is 9.25. The Hall–Kier alpha value is -2.66. The van der Waals surface area contributed by atoms with Crippen molar-refractivity contribution in [2.45, 2.75) is 26.8 Å². The van der Waals surface area contributed by atoms with Crippen LogP contribution >= 0.6 is 11.3 Å². The van der Waals surface area contributed by atoms with Gasteiger partial charge in [-0.15, -0.1) is 6.58 Å². The van der Waals surface area contributed by atoms with E-state index in [0.717, 1.165) is 21.5 Å². The largest absolute Gasteiger partial charge is 0.497 e. The van der Waals surface area contributed by atoms with E-state index < -0.39 is 0 Å². The fourth-order valence-electron chi connectivity index (χ4n) is 2.78. The van der Waals surface area contributed by atoms with Gasteiger partial charge in [-0.2, -0.15) is 4.99 Å². The third-order valence-corrected chi connectivity index (χ3v) is 5.39. The number of fused-ring (bicyclic) bond motifs is 1. The quantitative estimate of drug-likeness (QED) is 0.636. The molecule has 0 aliphatic rings. The number of carbonyl (C=O) groups excluding carboxylic acids is 1. The smallest absolute Gasteiger partial charge is 0.252 e. The highest BCUT2D eigenvalue weighted by Crippen LogP contribution is 2.22. The van der Waals surface area contributed by atoms with Gasteiger partial charge in [0.1, 0.15) is 5.75 Å². The third kappa shape index (κ3) is 3.78. The lowest BCUT2D eigenvalue weighted by molar-refractivity contribution is -0.117. The van der Waals surface area contributed by atoms with E-state index in [2.05, 4.69) is 37.6 Å². The summed E-state index contributed by atoms with van der Waals surface area (Å²) in [5.41, 5.74) is 4.47. The first-order valence-electron chi connectivity index (χ1n) is 8.44. The van der Waals surface area contributed by atoms with E-state index in [9.17, 15) is 4.79 Å². The molecule has 0 bridgehead atoms. The van der Waals surface area contributed by atoms with E-state index in [-0.39, 0.29) is 12.3 Å². The van der Waals surface area contributed by atoms with Crippen molar-refractivity contribution in [3.05, 3.63) is 70.5 Å². The molecule has 0 aliphatic carbocycles. The predicted octanol–water partition coefficient (Wildman–Crippen LogP) is 4.18. The lowest BCUT2D eigenvalue weighted by Crippen LogP contribution is -2.17. The maximum atomic E-state index is 12.5. The number of hydrogen-bond acceptors (Lipinski definition) is 3. The van der Waals surface area contributed by atoms with Crippen molar-refractivity contribution in [2.75, 3.05) is 7.11 Å². The summed E-state index contributed by atoms with van der Waals surface area (Å²) in [6.07, 6.45) is 2.10. The minimum Gasteiger partial charge on any atom is -0.497 e. The van der Waals surface area contributed by atoms with Gasteiger partial charge in [-0.1, -0.05) is 29.5 Å². The molecule has 0 aliphatic heterocycles. The molecule has 0 spiro atoms. The number of aromatic nitrogens is 1. The lowest BCUT2D eigenvalue weighted by Gasteiger charge is -2.04. The maximum Gasteiger partial charge on any atom is 0.252 e. The molecule has 1 aromatic heterocycles. The third-order valence-electron chi connectivity index (χ3n) is 4.34. The van der Waals surface area contributed by atoms with Gasteiger partial charge in [-0.05, 0) is 54.8 Å². The number of thiazole rings is 1. The molecular weight excluding hydrogens is 344 g/mol. The molecular formula is C21H22N2O2S. The molecule has 5 heteroatoms. The molecule has 1 heterocycles. The summed E-state index contributed by atoms with van der Waals surface area (Å²) in [5, 5.41) is 0. The normalized spacial score (nSPS) is 11.7. The van der Waals surface area contributed by atoms with Crippen LogP contribution in [0.1, 0.15) is 16.7 Å². The molecule has 0 fully saturated rings. The molecule has 0 atom stereocenters. The van der Waals surface area contributed by atoms with Gasteiger partial charge in [0.05, 0.1) is 23.7 Å². The number of nitrogens with zero attached hydrogens (tertiary/aromatic N) is 2. The molecule has 1 amide bonds. The molecule has 0 saturated carbocycles. The number of rotatable bonds is 5. The Morgan fingerprint density at radius 2 is 1.92 bits per heavy atom. The van der Waals surface area contributed by atoms with Crippen molar-refractivity contribution in [1.82, 2.24) is 4.57 Å². The van der Waals surface area contributed by atoms with Gasteiger partial charge in [0.15, 0.2) is 4.80 Å². The number of methoxy groups -OCH3 is 1. The van der Waals surface area contributed by atoms with Crippen molar-refractivity contribution < 1.29 is 9.53 Å². The Morgan fingerprint density at radius 3 is 2.58 bits per heavy atom. The Labute approximate surface area is 157 Å². The summed E-state index contributed by atoms with van der Waals surface area (Å²) < 4.78 is 8.32. The summed E-state index contributed by atoms with van der Waals surface area (Å²) in [5.74, 6) is 0.616. The second kappa shape index (κ2) is 7.70. The SMILES string of the molecule is C=CCn1c(=NC(=O)Cc2ccc(OC)cc2)sc2cc(C)c(C)cc21. The molecule has 0 saturated heterocycles. The number of allylic oxidation sites excluding steroid dienone is 1. The summed E-state index contributed by atoms with van der Waals surface area (Å²) in [6, 6.07) is 11.8. The van der Waals surface area contributed by atoms with E-state index in [1.54, 1.807) is 7.11 Å². The highest BCUT2D eigenvalue weighted by molar-refractivity contribution is 7.16. The van der Waals surface area contributed by atoms with Crippen LogP contribution in [-0.4, -0.2) is 17.6 Å². The van der Waals surface area contributed by atoms with Gasteiger partial charge in [-0.25, -0.2) is 0 Å². The van der Waals surface area contributed by atoms with Crippen LogP contribution in [-0.2, 0) is 17.8 Å². The van der Waals surface area contributed by atoms with Gasteiger partial charge in [0.25, 0.3) is 5.91 Å². The topological polar surface area (TPSA) is 43.6 Å². The average Bonchev–Trinajstić information content (AvgIpc) is 2.93. The number of carbonyl (C=O) groups is 1. The van der Waals surface area contributed by atoms with Crippen molar-refractivity contribution in [2.24, 2.45) is 4.99 Å². The number of aryl methyl sites for hydroxylation is 2. The fraction of sp³-hybridized carbons (Fsp3) is 0.238. The summed E-state index contributed by atoms with van der Waals surface area (Å²) >= 11 is 1.54. The number of hydrogen-bond donors (Lipinski definition) is 0. The first kappa shape index (κ1) is 18.1. The Kier molecular flexibility index (Phi) is 5.38. The van der Waals surface area contributed by atoms with Crippen LogP contribution in [0.2, 0.25) is 0 Å². The van der Waals surface area contributed by atoms with Crippen LogP contribution in [0, 0.1) is 13.8 Å². The molecule has 0 N–H and O–H groups in total. The number of ether oxygens (including phenoxy) is 1. The zero-order chi connectivity index (χ0) is 18.7. The minimum absolute atomic E-state index is 0.159. The summed E-state index contributed by atoms with van der Waals surface area (Å²) in [7, 11) is 1.62. The molecule has 0 unspecified atom stereocenters. The van der Waals surface area contributed by atoms with Crippen LogP contribution in [0.4, 0.5) is 0 Å². The number of amides is 1. The highest BCUT2D eigenvalue weighted by Gasteiger charge is 2.09. The summed E-state index contributed by atoms with van der Waals surface area (Å²) in [4.78, 5) is 17.6. The molecule has 4 nitrogen and oxygen atoms in total. The van der Waals surface area contributed by atoms with Gasteiger partial charge < -0.3 is 9.30 Å². The van der Waals surface area contributed by atoms with E-state index in [1.165, 1.54) is 22.5 Å². The molecule has 134 valence electrons. The Bertz CT molecular complexity index is 1030. The zero-order valence-electron chi connectivity index (χ0n) is 15.3. The van der Waals surface area contributed by atoms with Crippen LogP contribution in [0.3, 0.4) is 0 Å². The lowest BCUT2D eigenvalue weighted by atomic mass is 10.1. The highest BCUT2D eigenvalue weighted by atomic mass is 32.1. The molecule has 0 radical (unpaired) electrons. The fourth-order valence-corrected chi connectivity index (χ4v) is 3.91. The Morgan fingerprint density at radius 1 is 1.23 bits per heavy atom.